The van der Waals surface area contributed by atoms with Crippen molar-refractivity contribution in [3.05, 3.63) is 34.3 Å². The van der Waals surface area contributed by atoms with Crippen molar-refractivity contribution in [2.45, 2.75) is 44.7 Å². The SMILES string of the molecule is O=C(O)CCC1CCCCN1Cc1cccc(Br)c1. The fourth-order valence-corrected chi connectivity index (χ4v) is 3.20. The van der Waals surface area contributed by atoms with Crippen LogP contribution >= 0.6 is 15.9 Å². The summed E-state index contributed by atoms with van der Waals surface area (Å²) in [5, 5.41) is 8.83. The Balaban J connectivity index is 1.97. The maximum absolute atomic E-state index is 10.7. The highest BCUT2D eigenvalue weighted by Gasteiger charge is 2.22. The van der Waals surface area contributed by atoms with Crippen LogP contribution < -0.4 is 0 Å². The maximum atomic E-state index is 10.7. The van der Waals surface area contributed by atoms with Gasteiger partial charge in [-0.2, -0.15) is 0 Å². The van der Waals surface area contributed by atoms with Gasteiger partial charge in [-0.05, 0) is 43.5 Å². The molecule has 2 rings (SSSR count). The van der Waals surface area contributed by atoms with Crippen LogP contribution in [-0.4, -0.2) is 28.6 Å². The van der Waals surface area contributed by atoms with Gasteiger partial charge in [0, 0.05) is 23.5 Å². The molecule has 0 aromatic heterocycles. The molecule has 1 N–H and O–H groups in total. The smallest absolute Gasteiger partial charge is 0.303 e. The Bertz CT molecular complexity index is 436. The van der Waals surface area contributed by atoms with Crippen molar-refractivity contribution in [1.82, 2.24) is 4.90 Å². The molecule has 1 aliphatic rings. The molecule has 1 aliphatic heterocycles. The van der Waals surface area contributed by atoms with Gasteiger partial charge in [0.2, 0.25) is 0 Å². The Morgan fingerprint density at radius 2 is 2.26 bits per heavy atom. The van der Waals surface area contributed by atoms with E-state index < -0.39 is 5.97 Å². The summed E-state index contributed by atoms with van der Waals surface area (Å²) < 4.78 is 1.10. The van der Waals surface area contributed by atoms with E-state index in [-0.39, 0.29) is 6.42 Å². The highest BCUT2D eigenvalue weighted by molar-refractivity contribution is 9.10. The molecular weight excluding hydrogens is 306 g/mol. The lowest BCUT2D eigenvalue weighted by atomic mass is 9.97. The number of likely N-dealkylation sites (tertiary alicyclic amines) is 1. The van der Waals surface area contributed by atoms with Crippen LogP contribution in [0.1, 0.15) is 37.7 Å². The second kappa shape index (κ2) is 7.06. The summed E-state index contributed by atoms with van der Waals surface area (Å²) >= 11 is 3.50. The van der Waals surface area contributed by atoms with Gasteiger partial charge >= 0.3 is 5.97 Å². The maximum Gasteiger partial charge on any atom is 0.303 e. The van der Waals surface area contributed by atoms with Crippen LogP contribution in [0.5, 0.6) is 0 Å². The molecule has 1 atom stereocenters. The molecule has 3 nitrogen and oxygen atoms in total. The second-order valence-electron chi connectivity index (χ2n) is 5.18. The second-order valence-corrected chi connectivity index (χ2v) is 6.10. The van der Waals surface area contributed by atoms with E-state index in [2.05, 4.69) is 39.0 Å². The number of carbonyl (C=O) groups is 1. The predicted molar refractivity (Wildman–Crippen MR) is 79.1 cm³/mol. The van der Waals surface area contributed by atoms with Gasteiger partial charge in [0.15, 0.2) is 0 Å². The van der Waals surface area contributed by atoms with E-state index in [0.717, 1.165) is 30.4 Å². The molecule has 0 aliphatic carbocycles. The van der Waals surface area contributed by atoms with E-state index in [1.165, 1.54) is 18.4 Å². The number of carboxylic acids is 1. The third kappa shape index (κ3) is 4.62. The van der Waals surface area contributed by atoms with Crippen LogP contribution in [-0.2, 0) is 11.3 Å². The molecular formula is C15H20BrNO2. The molecule has 0 spiro atoms. The number of piperidine rings is 1. The zero-order valence-corrected chi connectivity index (χ0v) is 12.6. The molecule has 0 amide bonds. The number of carboxylic acid groups (broad SMARTS) is 1. The predicted octanol–water partition coefficient (Wildman–Crippen LogP) is 3.67. The zero-order chi connectivity index (χ0) is 13.7. The Morgan fingerprint density at radius 3 is 3.00 bits per heavy atom. The molecule has 1 fully saturated rings. The number of halogens is 1. The van der Waals surface area contributed by atoms with Gasteiger partial charge in [-0.15, -0.1) is 0 Å². The average Bonchev–Trinajstić information content (AvgIpc) is 2.38. The first-order chi connectivity index (χ1) is 9.15. The van der Waals surface area contributed by atoms with E-state index >= 15 is 0 Å². The molecule has 1 saturated heterocycles. The largest absolute Gasteiger partial charge is 0.481 e. The number of rotatable bonds is 5. The normalized spacial score (nSPS) is 20.4. The first-order valence-corrected chi connectivity index (χ1v) is 7.65. The molecule has 0 bridgehead atoms. The summed E-state index contributed by atoms with van der Waals surface area (Å²) in [4.78, 5) is 13.2. The number of nitrogens with zero attached hydrogens (tertiary/aromatic N) is 1. The topological polar surface area (TPSA) is 40.5 Å². The van der Waals surface area contributed by atoms with E-state index in [1.54, 1.807) is 0 Å². The molecule has 1 aromatic rings. The Labute approximate surface area is 122 Å². The summed E-state index contributed by atoms with van der Waals surface area (Å²) in [5.41, 5.74) is 1.29. The van der Waals surface area contributed by atoms with Crippen molar-refractivity contribution >= 4 is 21.9 Å². The van der Waals surface area contributed by atoms with Crippen LogP contribution in [0, 0.1) is 0 Å². The van der Waals surface area contributed by atoms with Crippen LogP contribution in [0.4, 0.5) is 0 Å². The third-order valence-electron chi connectivity index (χ3n) is 3.72. The molecule has 1 heterocycles. The lowest BCUT2D eigenvalue weighted by Gasteiger charge is -2.35. The summed E-state index contributed by atoms with van der Waals surface area (Å²) in [6.07, 6.45) is 4.61. The van der Waals surface area contributed by atoms with Gasteiger partial charge in [-0.25, -0.2) is 0 Å². The molecule has 1 unspecified atom stereocenters. The minimum Gasteiger partial charge on any atom is -0.481 e. The monoisotopic (exact) mass is 325 g/mol. The summed E-state index contributed by atoms with van der Waals surface area (Å²) in [5.74, 6) is -0.687. The van der Waals surface area contributed by atoms with Crippen LogP contribution in [0.15, 0.2) is 28.7 Å². The lowest BCUT2D eigenvalue weighted by Crippen LogP contribution is -2.39. The quantitative estimate of drug-likeness (QED) is 0.897. The van der Waals surface area contributed by atoms with Crippen molar-refractivity contribution in [2.75, 3.05) is 6.54 Å². The van der Waals surface area contributed by atoms with Gasteiger partial charge in [-0.3, -0.25) is 9.69 Å². The van der Waals surface area contributed by atoms with Crippen molar-refractivity contribution in [2.24, 2.45) is 0 Å². The summed E-state index contributed by atoms with van der Waals surface area (Å²) in [7, 11) is 0. The summed E-state index contributed by atoms with van der Waals surface area (Å²) in [6.45, 7) is 2.00. The van der Waals surface area contributed by atoms with Gasteiger partial charge in [0.1, 0.15) is 0 Å². The fraction of sp³-hybridized carbons (Fsp3) is 0.533. The third-order valence-corrected chi connectivity index (χ3v) is 4.21. The van der Waals surface area contributed by atoms with Gasteiger partial charge in [0.25, 0.3) is 0 Å². The Morgan fingerprint density at radius 1 is 1.42 bits per heavy atom. The van der Waals surface area contributed by atoms with Crippen LogP contribution in [0.2, 0.25) is 0 Å². The van der Waals surface area contributed by atoms with Crippen molar-refractivity contribution in [3.63, 3.8) is 0 Å². The molecule has 1 aromatic carbocycles. The van der Waals surface area contributed by atoms with E-state index in [0.29, 0.717) is 6.04 Å². The number of aliphatic carboxylic acids is 1. The van der Waals surface area contributed by atoms with Gasteiger partial charge in [-0.1, -0.05) is 34.5 Å². The number of benzene rings is 1. The van der Waals surface area contributed by atoms with E-state index in [9.17, 15) is 4.79 Å². The van der Waals surface area contributed by atoms with Gasteiger partial charge < -0.3 is 5.11 Å². The fourth-order valence-electron chi connectivity index (χ4n) is 2.75. The van der Waals surface area contributed by atoms with Crippen molar-refractivity contribution in [3.8, 4) is 0 Å². The molecule has 104 valence electrons. The molecule has 19 heavy (non-hydrogen) atoms. The average molecular weight is 326 g/mol. The number of hydrogen-bond donors (Lipinski definition) is 1. The van der Waals surface area contributed by atoms with Crippen LogP contribution in [0.25, 0.3) is 0 Å². The van der Waals surface area contributed by atoms with Crippen molar-refractivity contribution in [1.29, 1.82) is 0 Å². The Kier molecular flexibility index (Phi) is 5.40. The Hall–Kier alpha value is -0.870. The highest BCUT2D eigenvalue weighted by Crippen LogP contribution is 2.23. The first kappa shape index (κ1) is 14.5. The molecule has 0 saturated carbocycles. The van der Waals surface area contributed by atoms with Crippen LogP contribution in [0.3, 0.4) is 0 Å². The minimum absolute atomic E-state index is 0.277. The van der Waals surface area contributed by atoms with E-state index in [4.69, 9.17) is 5.11 Å². The number of hydrogen-bond acceptors (Lipinski definition) is 2. The van der Waals surface area contributed by atoms with E-state index in [1.807, 2.05) is 6.07 Å². The molecule has 4 heteroatoms. The molecule has 0 radical (unpaired) electrons. The first-order valence-electron chi connectivity index (χ1n) is 6.85. The standard InChI is InChI=1S/C15H20BrNO2/c16-13-5-3-4-12(10-13)11-17-9-2-1-6-14(17)7-8-15(18)19/h3-5,10,14H,1-2,6-9,11H2,(H,18,19). The highest BCUT2D eigenvalue weighted by atomic mass is 79.9. The summed E-state index contributed by atoms with van der Waals surface area (Å²) in [6, 6.07) is 8.78. The lowest BCUT2D eigenvalue weighted by molar-refractivity contribution is -0.137. The van der Waals surface area contributed by atoms with Crippen molar-refractivity contribution < 1.29 is 9.90 Å². The van der Waals surface area contributed by atoms with Gasteiger partial charge in [0.05, 0.1) is 0 Å². The minimum atomic E-state index is -0.687. The zero-order valence-electron chi connectivity index (χ0n) is 11.0.